The van der Waals surface area contributed by atoms with Crippen molar-refractivity contribution >= 4 is 5.95 Å². The van der Waals surface area contributed by atoms with Crippen LogP contribution in [0.25, 0.3) is 0 Å². The van der Waals surface area contributed by atoms with Crippen LogP contribution in [-0.4, -0.2) is 46.1 Å². The summed E-state index contributed by atoms with van der Waals surface area (Å²) < 4.78 is 5.12. The highest BCUT2D eigenvalue weighted by atomic mass is 16.5. The van der Waals surface area contributed by atoms with E-state index in [-0.39, 0.29) is 0 Å². The summed E-state index contributed by atoms with van der Waals surface area (Å²) in [7, 11) is 1.61. The highest BCUT2D eigenvalue weighted by Gasteiger charge is 2.19. The first-order chi connectivity index (χ1) is 10.8. The summed E-state index contributed by atoms with van der Waals surface area (Å²) in [6.07, 6.45) is 7.63. The van der Waals surface area contributed by atoms with Gasteiger partial charge >= 0.3 is 0 Å². The Morgan fingerprint density at radius 3 is 2.86 bits per heavy atom. The molecular formula is C16H21N5O. The van der Waals surface area contributed by atoms with Crippen molar-refractivity contribution in [3.63, 3.8) is 0 Å². The SMILES string of the molecule is COc1ccnc(NC2CCN(Cc3cccnc3)CC2)n1. The van der Waals surface area contributed by atoms with Crippen LogP contribution in [0.1, 0.15) is 18.4 Å². The standard InChI is InChI=1S/C16H21N5O/c1-22-15-4-8-18-16(20-15)19-14-5-9-21(10-6-14)12-13-3-2-7-17-11-13/h2-4,7-8,11,14H,5-6,9-10,12H2,1H3,(H,18,19,20). The Morgan fingerprint density at radius 2 is 2.14 bits per heavy atom. The zero-order valence-electron chi connectivity index (χ0n) is 12.8. The summed E-state index contributed by atoms with van der Waals surface area (Å²) in [5, 5.41) is 3.40. The molecule has 0 aromatic carbocycles. The predicted molar refractivity (Wildman–Crippen MR) is 84.7 cm³/mol. The second-order valence-electron chi connectivity index (χ2n) is 5.48. The summed E-state index contributed by atoms with van der Waals surface area (Å²) in [5.74, 6) is 1.23. The van der Waals surface area contributed by atoms with Crippen LogP contribution in [0.5, 0.6) is 5.88 Å². The molecule has 0 unspecified atom stereocenters. The number of methoxy groups -OCH3 is 1. The third-order valence-corrected chi connectivity index (χ3v) is 3.89. The number of pyridine rings is 1. The Morgan fingerprint density at radius 1 is 1.27 bits per heavy atom. The maximum absolute atomic E-state index is 5.12. The van der Waals surface area contributed by atoms with E-state index in [0.717, 1.165) is 32.5 Å². The Kier molecular flexibility index (Phi) is 4.80. The molecule has 2 aromatic heterocycles. The van der Waals surface area contributed by atoms with Gasteiger partial charge in [-0.05, 0) is 24.5 Å². The maximum Gasteiger partial charge on any atom is 0.226 e. The van der Waals surface area contributed by atoms with Gasteiger partial charge in [0.25, 0.3) is 0 Å². The van der Waals surface area contributed by atoms with Crippen molar-refractivity contribution in [2.75, 3.05) is 25.5 Å². The summed E-state index contributed by atoms with van der Waals surface area (Å²) in [6, 6.07) is 6.28. The normalized spacial score (nSPS) is 16.4. The van der Waals surface area contributed by atoms with Crippen molar-refractivity contribution in [3.8, 4) is 5.88 Å². The molecule has 1 aliphatic rings. The summed E-state index contributed by atoms with van der Waals surface area (Å²) in [6.45, 7) is 3.10. The molecule has 1 aliphatic heterocycles. The molecule has 1 saturated heterocycles. The lowest BCUT2D eigenvalue weighted by atomic mass is 10.0. The molecule has 6 nitrogen and oxygen atoms in total. The number of rotatable bonds is 5. The number of ether oxygens (including phenoxy) is 1. The number of likely N-dealkylation sites (tertiary alicyclic amines) is 1. The molecule has 0 radical (unpaired) electrons. The minimum absolute atomic E-state index is 0.414. The lowest BCUT2D eigenvalue weighted by molar-refractivity contribution is 0.211. The maximum atomic E-state index is 5.12. The van der Waals surface area contributed by atoms with Gasteiger partial charge in [-0.25, -0.2) is 4.98 Å². The van der Waals surface area contributed by atoms with Crippen LogP contribution in [0.2, 0.25) is 0 Å². The number of anilines is 1. The molecule has 1 fully saturated rings. The third-order valence-electron chi connectivity index (χ3n) is 3.89. The van der Waals surface area contributed by atoms with Crippen LogP contribution in [0.4, 0.5) is 5.95 Å². The van der Waals surface area contributed by atoms with Gasteiger partial charge in [-0.1, -0.05) is 6.07 Å². The van der Waals surface area contributed by atoms with Gasteiger partial charge in [0, 0.05) is 50.3 Å². The zero-order chi connectivity index (χ0) is 15.2. The van der Waals surface area contributed by atoms with E-state index in [2.05, 4.69) is 31.2 Å². The Hall–Kier alpha value is -2.21. The molecule has 6 heteroatoms. The van der Waals surface area contributed by atoms with E-state index in [1.807, 2.05) is 18.5 Å². The highest BCUT2D eigenvalue weighted by Crippen LogP contribution is 2.17. The third kappa shape index (κ3) is 3.92. The van der Waals surface area contributed by atoms with E-state index in [0.29, 0.717) is 17.9 Å². The van der Waals surface area contributed by atoms with Crippen LogP contribution in [-0.2, 0) is 6.54 Å². The fourth-order valence-corrected chi connectivity index (χ4v) is 2.69. The van der Waals surface area contributed by atoms with E-state index in [4.69, 9.17) is 4.74 Å². The van der Waals surface area contributed by atoms with Crippen LogP contribution in [0.15, 0.2) is 36.8 Å². The van der Waals surface area contributed by atoms with E-state index in [1.165, 1.54) is 5.56 Å². The van der Waals surface area contributed by atoms with E-state index in [9.17, 15) is 0 Å². The van der Waals surface area contributed by atoms with E-state index in [1.54, 1.807) is 19.4 Å². The van der Waals surface area contributed by atoms with Crippen molar-refractivity contribution in [2.24, 2.45) is 0 Å². The number of hydrogen-bond donors (Lipinski definition) is 1. The lowest BCUT2D eigenvalue weighted by Crippen LogP contribution is -2.39. The Bertz CT molecular complexity index is 584. The molecule has 0 bridgehead atoms. The number of nitrogens with zero attached hydrogens (tertiary/aromatic N) is 4. The number of piperidine rings is 1. The van der Waals surface area contributed by atoms with Crippen LogP contribution in [0, 0.1) is 0 Å². The highest BCUT2D eigenvalue weighted by molar-refractivity contribution is 5.29. The number of aromatic nitrogens is 3. The van der Waals surface area contributed by atoms with Gasteiger partial charge in [-0.2, -0.15) is 4.98 Å². The van der Waals surface area contributed by atoms with Gasteiger partial charge in [0.05, 0.1) is 7.11 Å². The van der Waals surface area contributed by atoms with Crippen LogP contribution in [0.3, 0.4) is 0 Å². The van der Waals surface area contributed by atoms with Gasteiger partial charge < -0.3 is 10.1 Å². The quantitative estimate of drug-likeness (QED) is 0.910. The molecule has 1 N–H and O–H groups in total. The summed E-state index contributed by atoms with van der Waals surface area (Å²) >= 11 is 0. The average Bonchev–Trinajstić information content (AvgIpc) is 2.58. The van der Waals surface area contributed by atoms with Crippen LogP contribution >= 0.6 is 0 Å². The Labute approximate surface area is 130 Å². The number of hydrogen-bond acceptors (Lipinski definition) is 6. The first kappa shape index (κ1) is 14.7. The molecule has 116 valence electrons. The average molecular weight is 299 g/mol. The van der Waals surface area contributed by atoms with Crippen molar-refractivity contribution in [1.82, 2.24) is 19.9 Å². The summed E-state index contributed by atoms with van der Waals surface area (Å²) in [4.78, 5) is 15.2. The fourth-order valence-electron chi connectivity index (χ4n) is 2.69. The second-order valence-corrected chi connectivity index (χ2v) is 5.48. The molecule has 0 spiro atoms. The van der Waals surface area contributed by atoms with Crippen molar-refractivity contribution in [2.45, 2.75) is 25.4 Å². The summed E-state index contributed by atoms with van der Waals surface area (Å²) in [5.41, 5.74) is 1.27. The Balaban J connectivity index is 1.49. The van der Waals surface area contributed by atoms with Gasteiger partial charge in [0.15, 0.2) is 0 Å². The van der Waals surface area contributed by atoms with Crippen molar-refractivity contribution < 1.29 is 4.74 Å². The molecule has 0 amide bonds. The topological polar surface area (TPSA) is 63.2 Å². The minimum atomic E-state index is 0.414. The second kappa shape index (κ2) is 7.17. The lowest BCUT2D eigenvalue weighted by Gasteiger charge is -2.32. The minimum Gasteiger partial charge on any atom is -0.481 e. The van der Waals surface area contributed by atoms with Gasteiger partial charge in [0.1, 0.15) is 0 Å². The fraction of sp³-hybridized carbons (Fsp3) is 0.438. The first-order valence-corrected chi connectivity index (χ1v) is 7.58. The van der Waals surface area contributed by atoms with Crippen molar-refractivity contribution in [3.05, 3.63) is 42.4 Å². The monoisotopic (exact) mass is 299 g/mol. The van der Waals surface area contributed by atoms with E-state index >= 15 is 0 Å². The van der Waals surface area contributed by atoms with E-state index < -0.39 is 0 Å². The first-order valence-electron chi connectivity index (χ1n) is 7.58. The van der Waals surface area contributed by atoms with Gasteiger partial charge in [-0.3, -0.25) is 9.88 Å². The van der Waals surface area contributed by atoms with Crippen molar-refractivity contribution in [1.29, 1.82) is 0 Å². The van der Waals surface area contributed by atoms with Crippen LogP contribution < -0.4 is 10.1 Å². The number of nitrogens with one attached hydrogen (secondary N) is 1. The predicted octanol–water partition coefficient (Wildman–Crippen LogP) is 1.96. The molecule has 22 heavy (non-hydrogen) atoms. The molecule has 0 aliphatic carbocycles. The largest absolute Gasteiger partial charge is 0.481 e. The smallest absolute Gasteiger partial charge is 0.226 e. The molecule has 2 aromatic rings. The van der Waals surface area contributed by atoms with Gasteiger partial charge in [-0.15, -0.1) is 0 Å². The molecular weight excluding hydrogens is 278 g/mol. The molecule has 0 saturated carbocycles. The molecule has 3 heterocycles. The molecule has 3 rings (SSSR count). The zero-order valence-corrected chi connectivity index (χ0v) is 12.8. The molecule has 0 atom stereocenters. The van der Waals surface area contributed by atoms with Gasteiger partial charge in [0.2, 0.25) is 11.8 Å².